The minimum atomic E-state index is -0.672. The number of hydrogen-bond acceptors (Lipinski definition) is 4. The van der Waals surface area contributed by atoms with Crippen LogP contribution < -0.4 is 0 Å². The van der Waals surface area contributed by atoms with Crippen molar-refractivity contribution in [1.82, 2.24) is 0 Å². The van der Waals surface area contributed by atoms with Crippen molar-refractivity contribution in [2.75, 3.05) is 0 Å². The van der Waals surface area contributed by atoms with Crippen LogP contribution in [0.5, 0.6) is 0 Å². The van der Waals surface area contributed by atoms with E-state index in [4.69, 9.17) is 4.89 Å². The van der Waals surface area contributed by atoms with Crippen LogP contribution in [0.3, 0.4) is 0 Å². The lowest BCUT2D eigenvalue weighted by atomic mass is 10.0. The van der Waals surface area contributed by atoms with E-state index < -0.39 is 11.6 Å². The summed E-state index contributed by atoms with van der Waals surface area (Å²) in [6.07, 6.45) is 3.01. The topological polar surface area (TPSA) is 44.8 Å². The molecule has 0 aromatic heterocycles. The van der Waals surface area contributed by atoms with Gasteiger partial charge >= 0.3 is 5.97 Å². The van der Waals surface area contributed by atoms with Crippen molar-refractivity contribution in [2.24, 2.45) is 5.92 Å². The summed E-state index contributed by atoms with van der Waals surface area (Å²) in [5, 5.41) is 4.41. The van der Waals surface area contributed by atoms with E-state index in [1.54, 1.807) is 19.9 Å². The van der Waals surface area contributed by atoms with Crippen molar-refractivity contribution in [2.45, 2.75) is 46.1 Å². The SMILES string of the molecule is C=CC(C)(C)OOOC(=O)C(CC)CC. The van der Waals surface area contributed by atoms with E-state index in [1.165, 1.54) is 0 Å². The van der Waals surface area contributed by atoms with Crippen LogP contribution in [0, 0.1) is 5.92 Å². The molecule has 88 valence electrons. The van der Waals surface area contributed by atoms with E-state index in [1.807, 2.05) is 13.8 Å². The second-order valence-corrected chi connectivity index (χ2v) is 3.87. The molecule has 0 saturated carbocycles. The zero-order chi connectivity index (χ0) is 11.9. The van der Waals surface area contributed by atoms with Gasteiger partial charge in [0, 0.05) is 0 Å². The standard InChI is InChI=1S/C11H20O4/c1-6-9(7-2)10(12)13-15-14-11(4,5)8-3/h8-9H,3,6-7H2,1-2,4-5H3. The molecule has 0 aliphatic rings. The molecule has 4 heteroatoms. The number of rotatable bonds is 7. The first-order chi connectivity index (χ1) is 6.96. The Hall–Kier alpha value is -0.870. The van der Waals surface area contributed by atoms with Crippen LogP contribution in [0.2, 0.25) is 0 Å². The number of carbonyl (C=O) groups excluding carboxylic acids is 1. The van der Waals surface area contributed by atoms with E-state index in [0.29, 0.717) is 0 Å². The molecule has 0 bridgehead atoms. The Balaban J connectivity index is 3.86. The fourth-order valence-electron chi connectivity index (χ4n) is 0.862. The number of hydrogen-bond donors (Lipinski definition) is 0. The Morgan fingerprint density at radius 2 is 1.93 bits per heavy atom. The maximum Gasteiger partial charge on any atom is 0.348 e. The third-order valence-electron chi connectivity index (χ3n) is 2.18. The Bertz CT molecular complexity index is 207. The molecular weight excluding hydrogens is 196 g/mol. The third-order valence-corrected chi connectivity index (χ3v) is 2.18. The summed E-state index contributed by atoms with van der Waals surface area (Å²) in [6, 6.07) is 0. The first-order valence-corrected chi connectivity index (χ1v) is 5.16. The Kier molecular flexibility index (Phi) is 6.20. The summed E-state index contributed by atoms with van der Waals surface area (Å²) in [4.78, 5) is 20.7. The molecule has 0 atom stereocenters. The molecule has 0 radical (unpaired) electrons. The van der Waals surface area contributed by atoms with Crippen LogP contribution in [0.4, 0.5) is 0 Å². The normalized spacial score (nSPS) is 11.5. The second-order valence-electron chi connectivity index (χ2n) is 3.87. The predicted octanol–water partition coefficient (Wildman–Crippen LogP) is 2.79. The molecule has 0 amide bonds. The van der Waals surface area contributed by atoms with Crippen molar-refractivity contribution in [3.8, 4) is 0 Å². The minimum absolute atomic E-state index is 0.138. The van der Waals surface area contributed by atoms with Gasteiger partial charge in [0.05, 0.1) is 5.92 Å². The lowest BCUT2D eigenvalue weighted by Gasteiger charge is -2.17. The van der Waals surface area contributed by atoms with E-state index >= 15 is 0 Å². The average Bonchev–Trinajstić information content (AvgIpc) is 2.19. The van der Waals surface area contributed by atoms with Gasteiger partial charge < -0.3 is 0 Å². The zero-order valence-electron chi connectivity index (χ0n) is 9.91. The molecular formula is C11H20O4. The summed E-state index contributed by atoms with van der Waals surface area (Å²) in [5.41, 5.74) is -0.672. The molecule has 0 saturated heterocycles. The predicted molar refractivity (Wildman–Crippen MR) is 56.6 cm³/mol. The molecule has 0 aromatic rings. The van der Waals surface area contributed by atoms with Gasteiger partial charge in [-0.2, -0.15) is 4.89 Å². The Morgan fingerprint density at radius 1 is 1.40 bits per heavy atom. The monoisotopic (exact) mass is 216 g/mol. The minimum Gasteiger partial charge on any atom is -0.268 e. The lowest BCUT2D eigenvalue weighted by Crippen LogP contribution is -2.24. The van der Waals surface area contributed by atoms with Gasteiger partial charge in [0.15, 0.2) is 0 Å². The first-order valence-electron chi connectivity index (χ1n) is 5.16. The van der Waals surface area contributed by atoms with Gasteiger partial charge in [0.2, 0.25) is 0 Å². The molecule has 0 rings (SSSR count). The maximum absolute atomic E-state index is 11.3. The molecule has 0 heterocycles. The van der Waals surface area contributed by atoms with Crippen molar-refractivity contribution < 1.29 is 19.6 Å². The highest BCUT2D eigenvalue weighted by molar-refractivity contribution is 5.71. The highest BCUT2D eigenvalue weighted by atomic mass is 17.5. The van der Waals surface area contributed by atoms with Gasteiger partial charge in [-0.05, 0) is 31.7 Å². The maximum atomic E-state index is 11.3. The molecule has 0 N–H and O–H groups in total. The van der Waals surface area contributed by atoms with Crippen LogP contribution in [0.1, 0.15) is 40.5 Å². The van der Waals surface area contributed by atoms with Crippen LogP contribution in [-0.4, -0.2) is 11.6 Å². The van der Waals surface area contributed by atoms with Gasteiger partial charge in [0.1, 0.15) is 5.60 Å². The molecule has 0 aromatic carbocycles. The molecule has 15 heavy (non-hydrogen) atoms. The number of carbonyl (C=O) groups is 1. The quantitative estimate of drug-likeness (QED) is 0.373. The van der Waals surface area contributed by atoms with Crippen LogP contribution in [-0.2, 0) is 19.6 Å². The summed E-state index contributed by atoms with van der Waals surface area (Å²) < 4.78 is 0. The summed E-state index contributed by atoms with van der Waals surface area (Å²) in [6.45, 7) is 10.9. The fraction of sp³-hybridized carbons (Fsp3) is 0.727. The Morgan fingerprint density at radius 3 is 2.33 bits per heavy atom. The van der Waals surface area contributed by atoms with Crippen LogP contribution >= 0.6 is 0 Å². The molecule has 0 unspecified atom stereocenters. The van der Waals surface area contributed by atoms with E-state index in [-0.39, 0.29) is 5.92 Å². The van der Waals surface area contributed by atoms with Crippen molar-refractivity contribution in [1.29, 1.82) is 0 Å². The summed E-state index contributed by atoms with van der Waals surface area (Å²) >= 11 is 0. The molecule has 0 aliphatic carbocycles. The smallest absolute Gasteiger partial charge is 0.268 e. The van der Waals surface area contributed by atoms with E-state index in [0.717, 1.165) is 12.8 Å². The van der Waals surface area contributed by atoms with Gasteiger partial charge in [0.25, 0.3) is 0 Å². The van der Waals surface area contributed by atoms with Gasteiger partial charge in [-0.25, -0.2) is 4.79 Å². The second kappa shape index (κ2) is 6.58. The van der Waals surface area contributed by atoms with Gasteiger partial charge in [-0.3, -0.25) is 4.89 Å². The van der Waals surface area contributed by atoms with Gasteiger partial charge in [-0.15, -0.1) is 6.58 Å². The summed E-state index contributed by atoms with van der Waals surface area (Å²) in [7, 11) is 0. The molecule has 0 fully saturated rings. The first kappa shape index (κ1) is 14.1. The van der Waals surface area contributed by atoms with Crippen molar-refractivity contribution in [3.05, 3.63) is 12.7 Å². The lowest BCUT2D eigenvalue weighted by molar-refractivity contribution is -0.511. The summed E-state index contributed by atoms with van der Waals surface area (Å²) in [5.74, 6) is -0.541. The van der Waals surface area contributed by atoms with Crippen molar-refractivity contribution in [3.63, 3.8) is 0 Å². The zero-order valence-corrected chi connectivity index (χ0v) is 9.91. The highest BCUT2D eigenvalue weighted by Crippen LogP contribution is 2.13. The molecule has 0 spiro atoms. The average molecular weight is 216 g/mol. The Labute approximate surface area is 91.1 Å². The van der Waals surface area contributed by atoms with Gasteiger partial charge in [-0.1, -0.05) is 19.9 Å². The fourth-order valence-corrected chi connectivity index (χ4v) is 0.862. The third kappa shape index (κ3) is 5.54. The largest absolute Gasteiger partial charge is 0.348 e. The van der Waals surface area contributed by atoms with Crippen LogP contribution in [0.15, 0.2) is 12.7 Å². The van der Waals surface area contributed by atoms with E-state index in [9.17, 15) is 4.79 Å². The highest BCUT2D eigenvalue weighted by Gasteiger charge is 2.20. The van der Waals surface area contributed by atoms with E-state index in [2.05, 4.69) is 16.5 Å². The van der Waals surface area contributed by atoms with Crippen molar-refractivity contribution >= 4 is 5.97 Å². The van der Waals surface area contributed by atoms with Crippen LogP contribution in [0.25, 0.3) is 0 Å². The molecule has 4 nitrogen and oxygen atoms in total. The molecule has 0 aliphatic heterocycles.